The van der Waals surface area contributed by atoms with Crippen molar-refractivity contribution in [1.82, 2.24) is 4.90 Å². The van der Waals surface area contributed by atoms with Gasteiger partial charge in [-0.05, 0) is 50.4 Å². The molecule has 4 heteroatoms. The second kappa shape index (κ2) is 9.14. The fourth-order valence-electron chi connectivity index (χ4n) is 3.38. The van der Waals surface area contributed by atoms with Crippen molar-refractivity contribution in [3.8, 4) is 11.5 Å². The van der Waals surface area contributed by atoms with Crippen molar-refractivity contribution in [2.45, 2.75) is 58.0 Å². The molecule has 1 aromatic carbocycles. The number of ether oxygens (including phenoxy) is 2. The number of methoxy groups -OCH3 is 1. The summed E-state index contributed by atoms with van der Waals surface area (Å²) < 4.78 is 11.4. The molecule has 1 aromatic rings. The van der Waals surface area contributed by atoms with Crippen LogP contribution in [0, 0.1) is 0 Å². The topological polar surface area (TPSA) is 47.7 Å². The Kier molecular flexibility index (Phi) is 7.18. The molecule has 2 rings (SSSR count). The highest BCUT2D eigenvalue weighted by atomic mass is 16.5. The molecule has 1 aliphatic heterocycles. The first-order valence-corrected chi connectivity index (χ1v) is 8.97. The minimum absolute atomic E-state index is 0.254. The van der Waals surface area contributed by atoms with E-state index in [-0.39, 0.29) is 6.04 Å². The molecule has 23 heavy (non-hydrogen) atoms. The Hall–Kier alpha value is -1.26. The van der Waals surface area contributed by atoms with E-state index in [1.165, 1.54) is 24.8 Å². The zero-order valence-electron chi connectivity index (χ0n) is 14.9. The lowest BCUT2D eigenvalue weighted by atomic mass is 9.97. The van der Waals surface area contributed by atoms with Crippen LogP contribution in [0.3, 0.4) is 0 Å². The van der Waals surface area contributed by atoms with Crippen LogP contribution < -0.4 is 15.2 Å². The molecule has 0 bridgehead atoms. The van der Waals surface area contributed by atoms with Crippen molar-refractivity contribution in [2.24, 2.45) is 5.73 Å². The molecular formula is C19H32N2O2. The van der Waals surface area contributed by atoms with Crippen molar-refractivity contribution in [3.05, 3.63) is 23.8 Å². The van der Waals surface area contributed by atoms with Gasteiger partial charge in [-0.25, -0.2) is 0 Å². The van der Waals surface area contributed by atoms with Gasteiger partial charge in [-0.15, -0.1) is 0 Å². The molecular weight excluding hydrogens is 288 g/mol. The summed E-state index contributed by atoms with van der Waals surface area (Å²) in [6.07, 6.45) is 6.02. The van der Waals surface area contributed by atoms with Gasteiger partial charge in [0.2, 0.25) is 0 Å². The number of nitrogens with two attached hydrogens (primary N) is 1. The van der Waals surface area contributed by atoms with E-state index in [1.54, 1.807) is 7.11 Å². The summed E-state index contributed by atoms with van der Waals surface area (Å²) in [6, 6.07) is 7.11. The van der Waals surface area contributed by atoms with Crippen LogP contribution in [0.25, 0.3) is 0 Å². The molecule has 2 unspecified atom stereocenters. The number of nitrogens with zero attached hydrogens (tertiary/aromatic N) is 1. The third kappa shape index (κ3) is 4.61. The average molecular weight is 320 g/mol. The second-order valence-electron chi connectivity index (χ2n) is 6.45. The predicted octanol–water partition coefficient (Wildman–Crippen LogP) is 3.75. The van der Waals surface area contributed by atoms with Crippen LogP contribution in [-0.4, -0.2) is 37.7 Å². The molecule has 1 heterocycles. The lowest BCUT2D eigenvalue weighted by molar-refractivity contribution is 0.108. The maximum atomic E-state index is 6.11. The van der Waals surface area contributed by atoms with Crippen molar-refractivity contribution in [3.63, 3.8) is 0 Å². The molecule has 0 aromatic heterocycles. The normalized spacial score (nSPS) is 20.3. The van der Waals surface area contributed by atoms with Gasteiger partial charge in [-0.1, -0.05) is 25.8 Å². The molecule has 1 fully saturated rings. The van der Waals surface area contributed by atoms with Gasteiger partial charge in [-0.2, -0.15) is 0 Å². The van der Waals surface area contributed by atoms with E-state index in [0.717, 1.165) is 37.5 Å². The number of piperidine rings is 1. The zero-order valence-corrected chi connectivity index (χ0v) is 14.9. The van der Waals surface area contributed by atoms with Gasteiger partial charge in [0, 0.05) is 18.6 Å². The Morgan fingerprint density at radius 1 is 1.30 bits per heavy atom. The first kappa shape index (κ1) is 18.1. The predicted molar refractivity (Wildman–Crippen MR) is 95.2 cm³/mol. The number of unbranched alkanes of at least 4 members (excludes halogenated alkanes) is 1. The molecule has 1 aliphatic rings. The van der Waals surface area contributed by atoms with Crippen LogP contribution in [0.4, 0.5) is 0 Å². The van der Waals surface area contributed by atoms with E-state index in [9.17, 15) is 0 Å². The maximum Gasteiger partial charge on any atom is 0.161 e. The Bertz CT molecular complexity index is 478. The Balaban J connectivity index is 2.16. The van der Waals surface area contributed by atoms with E-state index >= 15 is 0 Å². The van der Waals surface area contributed by atoms with Gasteiger partial charge < -0.3 is 15.2 Å². The van der Waals surface area contributed by atoms with Gasteiger partial charge in [0.15, 0.2) is 11.5 Å². The lowest BCUT2D eigenvalue weighted by Crippen LogP contribution is -2.43. The molecule has 4 nitrogen and oxygen atoms in total. The van der Waals surface area contributed by atoms with E-state index in [4.69, 9.17) is 15.2 Å². The summed E-state index contributed by atoms with van der Waals surface area (Å²) in [5.74, 6) is 1.63. The maximum absolute atomic E-state index is 6.11. The van der Waals surface area contributed by atoms with Crippen molar-refractivity contribution >= 4 is 0 Å². The van der Waals surface area contributed by atoms with Gasteiger partial charge in [0.05, 0.1) is 13.7 Å². The first-order chi connectivity index (χ1) is 11.2. The molecule has 2 N–H and O–H groups in total. The fraction of sp³-hybridized carbons (Fsp3) is 0.684. The summed E-state index contributed by atoms with van der Waals surface area (Å²) in [4.78, 5) is 2.54. The summed E-state index contributed by atoms with van der Waals surface area (Å²) in [5.41, 5.74) is 7.34. The number of hydrogen-bond donors (Lipinski definition) is 1. The van der Waals surface area contributed by atoms with Crippen molar-refractivity contribution in [1.29, 1.82) is 0 Å². The van der Waals surface area contributed by atoms with E-state index in [0.29, 0.717) is 12.6 Å². The monoisotopic (exact) mass is 320 g/mol. The minimum atomic E-state index is 0.254. The summed E-state index contributed by atoms with van der Waals surface area (Å²) in [6.45, 7) is 6.95. The number of benzene rings is 1. The molecule has 0 amide bonds. The Morgan fingerprint density at radius 3 is 2.78 bits per heavy atom. The Morgan fingerprint density at radius 2 is 2.13 bits per heavy atom. The molecule has 0 saturated carbocycles. The van der Waals surface area contributed by atoms with E-state index < -0.39 is 0 Å². The summed E-state index contributed by atoms with van der Waals surface area (Å²) in [5, 5.41) is 0. The second-order valence-corrected chi connectivity index (χ2v) is 6.45. The largest absolute Gasteiger partial charge is 0.493 e. The highest BCUT2D eigenvalue weighted by Gasteiger charge is 2.26. The molecule has 2 atom stereocenters. The summed E-state index contributed by atoms with van der Waals surface area (Å²) in [7, 11) is 1.70. The third-order valence-corrected chi connectivity index (χ3v) is 4.81. The molecule has 130 valence electrons. The molecule has 0 aliphatic carbocycles. The van der Waals surface area contributed by atoms with Crippen LogP contribution in [0.2, 0.25) is 0 Å². The molecule has 0 radical (unpaired) electrons. The number of likely N-dealkylation sites (tertiary alicyclic amines) is 1. The fourth-order valence-corrected chi connectivity index (χ4v) is 3.38. The number of hydrogen-bond acceptors (Lipinski definition) is 4. The van der Waals surface area contributed by atoms with Gasteiger partial charge >= 0.3 is 0 Å². The van der Waals surface area contributed by atoms with Crippen LogP contribution in [-0.2, 0) is 0 Å². The van der Waals surface area contributed by atoms with Gasteiger partial charge in [-0.3, -0.25) is 4.90 Å². The van der Waals surface area contributed by atoms with Crippen molar-refractivity contribution in [2.75, 3.05) is 26.8 Å². The van der Waals surface area contributed by atoms with E-state index in [1.807, 2.05) is 6.07 Å². The van der Waals surface area contributed by atoms with Gasteiger partial charge in [0.25, 0.3) is 0 Å². The zero-order chi connectivity index (χ0) is 16.7. The third-order valence-electron chi connectivity index (χ3n) is 4.81. The smallest absolute Gasteiger partial charge is 0.161 e. The van der Waals surface area contributed by atoms with Gasteiger partial charge in [0.1, 0.15) is 0 Å². The first-order valence-electron chi connectivity index (χ1n) is 8.97. The number of rotatable bonds is 8. The highest BCUT2D eigenvalue weighted by molar-refractivity contribution is 5.44. The van der Waals surface area contributed by atoms with Crippen molar-refractivity contribution < 1.29 is 9.47 Å². The van der Waals surface area contributed by atoms with Crippen LogP contribution >= 0.6 is 0 Å². The molecule has 1 saturated heterocycles. The highest BCUT2D eigenvalue weighted by Crippen LogP contribution is 2.34. The van der Waals surface area contributed by atoms with E-state index in [2.05, 4.69) is 30.9 Å². The summed E-state index contributed by atoms with van der Waals surface area (Å²) >= 11 is 0. The standard InChI is InChI=1S/C19H32N2O2/c1-4-5-12-23-18-10-9-16(13-19(18)22-3)17(14-20)21-11-7-6-8-15(21)2/h9-10,13,15,17H,4-8,11-12,14,20H2,1-3H3. The van der Waals surface area contributed by atoms with Crippen LogP contribution in [0.15, 0.2) is 18.2 Å². The minimum Gasteiger partial charge on any atom is -0.493 e. The quantitative estimate of drug-likeness (QED) is 0.741. The molecule has 0 spiro atoms. The van der Waals surface area contributed by atoms with Crippen LogP contribution in [0.5, 0.6) is 11.5 Å². The van der Waals surface area contributed by atoms with Crippen LogP contribution in [0.1, 0.15) is 57.6 Å². The lowest BCUT2D eigenvalue weighted by Gasteiger charge is -2.39. The SMILES string of the molecule is CCCCOc1ccc(C(CN)N2CCCCC2C)cc1OC. The Labute approximate surface area is 140 Å². The average Bonchev–Trinajstić information content (AvgIpc) is 2.58.